The van der Waals surface area contributed by atoms with Gasteiger partial charge >= 0.3 is 5.97 Å². The second-order valence-electron chi connectivity index (χ2n) is 6.29. The van der Waals surface area contributed by atoms with E-state index >= 15 is 0 Å². The van der Waals surface area contributed by atoms with Crippen molar-refractivity contribution >= 4 is 17.6 Å². The third kappa shape index (κ3) is 1.63. The lowest BCUT2D eigenvalue weighted by Gasteiger charge is -2.21. The van der Waals surface area contributed by atoms with Crippen LogP contribution in [0.25, 0.3) is 0 Å². The molecule has 3 nitrogen and oxygen atoms in total. The first-order chi connectivity index (χ1) is 10.5. The van der Waals surface area contributed by atoms with Gasteiger partial charge in [0.1, 0.15) is 24.4 Å². The van der Waals surface area contributed by atoms with Gasteiger partial charge in [0.05, 0.1) is 5.02 Å². The zero-order chi connectivity index (χ0) is 15.5. The molecule has 2 unspecified atom stereocenters. The molecule has 0 N–H and O–H groups in total. The van der Waals surface area contributed by atoms with Crippen LogP contribution in [0.4, 0.5) is 8.78 Å². The summed E-state index contributed by atoms with van der Waals surface area (Å²) in [5.74, 6) is -4.15. The Morgan fingerprint density at radius 1 is 1.23 bits per heavy atom. The second-order valence-corrected chi connectivity index (χ2v) is 6.70. The molecule has 6 heteroatoms. The van der Waals surface area contributed by atoms with Crippen molar-refractivity contribution in [2.75, 3.05) is 13.2 Å². The Morgan fingerprint density at radius 3 is 2.50 bits per heavy atom. The highest BCUT2D eigenvalue weighted by atomic mass is 35.5. The van der Waals surface area contributed by atoms with Crippen molar-refractivity contribution in [3.05, 3.63) is 29.3 Å². The van der Waals surface area contributed by atoms with Crippen LogP contribution < -0.4 is 4.74 Å². The summed E-state index contributed by atoms with van der Waals surface area (Å²) in [6, 6.07) is 6.92. The summed E-state index contributed by atoms with van der Waals surface area (Å²) in [6.45, 7) is 0.0435. The van der Waals surface area contributed by atoms with E-state index in [0.717, 1.165) is 0 Å². The Labute approximate surface area is 131 Å². The molecule has 4 aliphatic carbocycles. The SMILES string of the molecule is O=C(OCCOc1ccccc1Cl)C12C3CC(CC31)C2(F)F. The van der Waals surface area contributed by atoms with E-state index in [1.165, 1.54) is 0 Å². The number of para-hydroxylation sites is 1. The van der Waals surface area contributed by atoms with E-state index in [9.17, 15) is 13.6 Å². The van der Waals surface area contributed by atoms with Gasteiger partial charge in [0.15, 0.2) is 0 Å². The number of benzene rings is 1. The molecule has 0 heterocycles. The van der Waals surface area contributed by atoms with E-state index in [1.807, 2.05) is 0 Å². The number of hydrogen-bond donors (Lipinski definition) is 0. The van der Waals surface area contributed by atoms with Crippen molar-refractivity contribution in [3.8, 4) is 5.75 Å². The first-order valence-corrected chi connectivity index (χ1v) is 7.79. The highest BCUT2D eigenvalue weighted by Gasteiger charge is 2.92. The van der Waals surface area contributed by atoms with Crippen molar-refractivity contribution in [1.29, 1.82) is 0 Å². The molecule has 4 saturated carbocycles. The summed E-state index contributed by atoms with van der Waals surface area (Å²) in [4.78, 5) is 12.2. The summed E-state index contributed by atoms with van der Waals surface area (Å²) in [6.07, 6.45) is 0.922. The molecule has 4 bridgehead atoms. The van der Waals surface area contributed by atoms with Gasteiger partial charge in [-0.2, -0.15) is 0 Å². The quantitative estimate of drug-likeness (QED) is 0.612. The number of rotatable bonds is 5. The number of carbonyl (C=O) groups is 1. The van der Waals surface area contributed by atoms with E-state index in [2.05, 4.69) is 0 Å². The number of hydrogen-bond acceptors (Lipinski definition) is 3. The van der Waals surface area contributed by atoms with E-state index in [4.69, 9.17) is 21.1 Å². The van der Waals surface area contributed by atoms with Crippen LogP contribution in [-0.2, 0) is 9.53 Å². The molecule has 5 rings (SSSR count). The number of esters is 1. The predicted molar refractivity (Wildman–Crippen MR) is 75.0 cm³/mol. The largest absolute Gasteiger partial charge is 0.488 e. The van der Waals surface area contributed by atoms with E-state index in [0.29, 0.717) is 23.6 Å². The number of carbonyl (C=O) groups excluding carboxylic acids is 1. The van der Waals surface area contributed by atoms with Crippen LogP contribution in [0.3, 0.4) is 0 Å². The topological polar surface area (TPSA) is 35.5 Å². The Morgan fingerprint density at radius 2 is 1.91 bits per heavy atom. The zero-order valence-corrected chi connectivity index (χ0v) is 12.5. The number of halogens is 3. The Balaban J connectivity index is 1.33. The van der Waals surface area contributed by atoms with Crippen LogP contribution in [0, 0.1) is 23.2 Å². The molecule has 0 saturated heterocycles. The minimum Gasteiger partial charge on any atom is -0.488 e. The van der Waals surface area contributed by atoms with Gasteiger partial charge in [-0.25, -0.2) is 8.78 Å². The Hall–Kier alpha value is -1.36. The van der Waals surface area contributed by atoms with Crippen molar-refractivity contribution in [1.82, 2.24) is 0 Å². The van der Waals surface area contributed by atoms with Crippen LogP contribution in [0.5, 0.6) is 5.75 Å². The lowest BCUT2D eigenvalue weighted by Crippen LogP contribution is -2.37. The van der Waals surface area contributed by atoms with Gasteiger partial charge in [-0.05, 0) is 36.8 Å². The van der Waals surface area contributed by atoms with Gasteiger partial charge in [-0.15, -0.1) is 0 Å². The molecule has 1 aromatic carbocycles. The summed E-state index contributed by atoms with van der Waals surface area (Å²) in [5.41, 5.74) is -1.53. The highest BCUT2D eigenvalue weighted by molar-refractivity contribution is 6.32. The summed E-state index contributed by atoms with van der Waals surface area (Å²) in [5, 5.41) is 0.456. The van der Waals surface area contributed by atoms with Crippen molar-refractivity contribution in [2.24, 2.45) is 23.2 Å². The monoisotopic (exact) mass is 328 g/mol. The fourth-order valence-electron chi connectivity index (χ4n) is 4.48. The first-order valence-electron chi connectivity index (χ1n) is 7.42. The molecule has 1 aromatic rings. The molecule has 118 valence electrons. The maximum atomic E-state index is 14.2. The van der Waals surface area contributed by atoms with E-state index < -0.39 is 23.2 Å². The van der Waals surface area contributed by atoms with Crippen LogP contribution in [-0.4, -0.2) is 25.1 Å². The van der Waals surface area contributed by atoms with Crippen LogP contribution >= 0.6 is 11.6 Å². The first kappa shape index (κ1) is 14.2. The third-order valence-corrected chi connectivity index (χ3v) is 5.75. The fraction of sp³-hybridized carbons (Fsp3) is 0.562. The van der Waals surface area contributed by atoms with Gasteiger partial charge in [-0.3, -0.25) is 4.79 Å². The zero-order valence-electron chi connectivity index (χ0n) is 11.7. The van der Waals surface area contributed by atoms with Crippen molar-refractivity contribution < 1.29 is 23.0 Å². The average Bonchev–Trinajstić information content (AvgIpc) is 2.75. The summed E-state index contributed by atoms with van der Waals surface area (Å²) < 4.78 is 38.9. The standard InChI is InChI=1S/C16H15ClF2O3/c17-12-3-1-2-4-13(12)21-5-6-22-14(20)15-10-7-9(8-11(10)15)16(15,18)19/h1-4,9-11H,5-8H2. The smallest absolute Gasteiger partial charge is 0.318 e. The van der Waals surface area contributed by atoms with Crippen LogP contribution in [0.2, 0.25) is 5.02 Å². The lowest BCUT2D eigenvalue weighted by molar-refractivity contribution is -0.168. The molecule has 22 heavy (non-hydrogen) atoms. The number of ether oxygens (including phenoxy) is 2. The van der Waals surface area contributed by atoms with Crippen molar-refractivity contribution in [3.63, 3.8) is 0 Å². The highest BCUT2D eigenvalue weighted by Crippen LogP contribution is 2.84. The second kappa shape index (κ2) is 4.57. The molecule has 0 amide bonds. The molecule has 4 aliphatic rings. The molecule has 0 spiro atoms. The lowest BCUT2D eigenvalue weighted by atomic mass is 9.99. The van der Waals surface area contributed by atoms with E-state index in [-0.39, 0.29) is 25.0 Å². The van der Waals surface area contributed by atoms with Crippen molar-refractivity contribution in [2.45, 2.75) is 18.8 Å². The van der Waals surface area contributed by atoms with Gasteiger partial charge in [0.25, 0.3) is 5.92 Å². The molecule has 0 aliphatic heterocycles. The maximum absolute atomic E-state index is 14.2. The van der Waals surface area contributed by atoms with Crippen LogP contribution in [0.1, 0.15) is 12.8 Å². The van der Waals surface area contributed by atoms with Gasteiger partial charge in [-0.1, -0.05) is 23.7 Å². The Bertz CT molecular complexity index is 622. The molecule has 0 aromatic heterocycles. The van der Waals surface area contributed by atoms with Crippen LogP contribution in [0.15, 0.2) is 24.3 Å². The fourth-order valence-corrected chi connectivity index (χ4v) is 4.67. The maximum Gasteiger partial charge on any atom is 0.318 e. The third-order valence-electron chi connectivity index (χ3n) is 5.44. The van der Waals surface area contributed by atoms with Gasteiger partial charge in [0.2, 0.25) is 0 Å². The number of alkyl halides is 2. The normalized spacial score (nSPS) is 36.2. The molecule has 4 fully saturated rings. The molecule has 2 atom stereocenters. The van der Waals surface area contributed by atoms with Gasteiger partial charge < -0.3 is 9.47 Å². The summed E-state index contributed by atoms with van der Waals surface area (Å²) in [7, 11) is 0. The van der Waals surface area contributed by atoms with Gasteiger partial charge in [0, 0.05) is 5.92 Å². The predicted octanol–water partition coefficient (Wildman–Crippen LogP) is 3.55. The minimum absolute atomic E-state index is 0.0496. The molecular formula is C16H15ClF2O3. The molecular weight excluding hydrogens is 314 g/mol. The van der Waals surface area contributed by atoms with E-state index in [1.54, 1.807) is 24.3 Å². The average molecular weight is 329 g/mol. The summed E-state index contributed by atoms with van der Waals surface area (Å²) >= 11 is 5.93. The Kier molecular flexibility index (Phi) is 2.96. The molecule has 0 radical (unpaired) electrons. The minimum atomic E-state index is -2.90.